The first-order valence-electron chi connectivity index (χ1n) is 12.3. The van der Waals surface area contributed by atoms with Crippen molar-refractivity contribution in [3.63, 3.8) is 0 Å². The summed E-state index contributed by atoms with van der Waals surface area (Å²) in [5.74, 6) is -1.83. The van der Waals surface area contributed by atoms with Crippen LogP contribution in [0.15, 0.2) is 23.1 Å². The third-order valence-corrected chi connectivity index (χ3v) is 8.30. The number of Topliss-reactive ketones (excluding diaryl/α,β-unsaturated/α-hetero) is 1. The Hall–Kier alpha value is -1.87. The van der Waals surface area contributed by atoms with Gasteiger partial charge < -0.3 is 19.7 Å². The molecule has 0 spiro atoms. The number of aromatic nitrogens is 1. The second-order valence-electron chi connectivity index (χ2n) is 10.9. The SMILES string of the molecule is C/C(=C\c1csc(C)n1)C1CC2O[C@]2(C)C/C=C/C(C)C(O)C(C)C(=O)C(C)(C)[C@@H](O)CC(=O)O1. The molecule has 35 heavy (non-hydrogen) atoms. The fourth-order valence-electron chi connectivity index (χ4n) is 4.67. The Kier molecular flexibility index (Phi) is 8.41. The molecule has 7 nitrogen and oxygen atoms in total. The molecular formula is C27H39NO6S. The molecule has 0 aromatic carbocycles. The summed E-state index contributed by atoms with van der Waals surface area (Å²) in [7, 11) is 0. The number of cyclic esters (lactones) is 1. The summed E-state index contributed by atoms with van der Waals surface area (Å²) in [4.78, 5) is 30.6. The lowest BCUT2D eigenvalue weighted by Gasteiger charge is -2.34. The van der Waals surface area contributed by atoms with Gasteiger partial charge in [-0.05, 0) is 38.8 Å². The number of nitrogens with zero attached hydrogens (tertiary/aromatic N) is 1. The van der Waals surface area contributed by atoms with E-state index in [2.05, 4.69) is 4.98 Å². The molecule has 1 aromatic heterocycles. The predicted molar refractivity (Wildman–Crippen MR) is 136 cm³/mol. The Morgan fingerprint density at radius 2 is 1.91 bits per heavy atom. The average Bonchev–Trinajstić information content (AvgIpc) is 3.22. The van der Waals surface area contributed by atoms with Gasteiger partial charge in [0, 0.05) is 23.6 Å². The van der Waals surface area contributed by atoms with Crippen LogP contribution in [0.1, 0.15) is 71.5 Å². The molecule has 8 heteroatoms. The number of carbonyl (C=O) groups is 2. The number of ketones is 1. The first kappa shape index (κ1) is 27.7. The molecule has 2 N–H and O–H groups in total. The van der Waals surface area contributed by atoms with E-state index in [1.807, 2.05) is 51.3 Å². The highest BCUT2D eigenvalue weighted by Crippen LogP contribution is 2.44. The maximum atomic E-state index is 13.2. The number of fused-ring (bicyclic) bond motifs is 1. The lowest BCUT2D eigenvalue weighted by atomic mass is 9.73. The number of epoxide rings is 1. The van der Waals surface area contributed by atoms with E-state index in [-0.39, 0.29) is 29.8 Å². The second-order valence-corrected chi connectivity index (χ2v) is 12.0. The second kappa shape index (κ2) is 10.6. The summed E-state index contributed by atoms with van der Waals surface area (Å²) in [6.07, 6.45) is 3.84. The van der Waals surface area contributed by atoms with E-state index in [0.29, 0.717) is 12.8 Å². The first-order valence-corrected chi connectivity index (χ1v) is 13.2. The van der Waals surface area contributed by atoms with Gasteiger partial charge in [0.25, 0.3) is 0 Å². The molecule has 2 aliphatic rings. The van der Waals surface area contributed by atoms with Gasteiger partial charge in [-0.3, -0.25) is 9.59 Å². The average molecular weight is 506 g/mol. The predicted octanol–water partition coefficient (Wildman–Crippen LogP) is 4.25. The van der Waals surface area contributed by atoms with Crippen LogP contribution in [0.25, 0.3) is 6.08 Å². The zero-order valence-corrected chi connectivity index (χ0v) is 22.6. The van der Waals surface area contributed by atoms with Crippen LogP contribution in [0.5, 0.6) is 0 Å². The number of hydrogen-bond donors (Lipinski definition) is 2. The van der Waals surface area contributed by atoms with E-state index in [1.54, 1.807) is 32.1 Å². The summed E-state index contributed by atoms with van der Waals surface area (Å²) in [5.41, 5.74) is 0.0391. The molecule has 1 aromatic rings. The van der Waals surface area contributed by atoms with Crippen LogP contribution in [0.4, 0.5) is 0 Å². The maximum absolute atomic E-state index is 13.2. The van der Waals surface area contributed by atoms with Gasteiger partial charge in [-0.2, -0.15) is 0 Å². The summed E-state index contributed by atoms with van der Waals surface area (Å²) < 4.78 is 11.9. The highest BCUT2D eigenvalue weighted by molar-refractivity contribution is 7.09. The molecule has 194 valence electrons. The summed E-state index contributed by atoms with van der Waals surface area (Å²) in [6.45, 7) is 12.6. The van der Waals surface area contributed by atoms with Gasteiger partial charge >= 0.3 is 5.97 Å². The molecule has 5 unspecified atom stereocenters. The zero-order chi connectivity index (χ0) is 26.1. The van der Waals surface area contributed by atoms with Crippen LogP contribution in [0.3, 0.4) is 0 Å². The molecular weight excluding hydrogens is 466 g/mol. The fourth-order valence-corrected chi connectivity index (χ4v) is 5.24. The van der Waals surface area contributed by atoms with Crippen LogP contribution < -0.4 is 0 Å². The van der Waals surface area contributed by atoms with Crippen LogP contribution in [0.2, 0.25) is 0 Å². The van der Waals surface area contributed by atoms with E-state index in [0.717, 1.165) is 16.3 Å². The lowest BCUT2D eigenvalue weighted by Crippen LogP contribution is -2.45. The Morgan fingerprint density at radius 1 is 1.23 bits per heavy atom. The van der Waals surface area contributed by atoms with Gasteiger partial charge in [0.2, 0.25) is 0 Å². The van der Waals surface area contributed by atoms with Crippen molar-refractivity contribution in [1.29, 1.82) is 0 Å². The molecule has 3 heterocycles. The normalized spacial score (nSPS) is 37.9. The van der Waals surface area contributed by atoms with Gasteiger partial charge in [0.1, 0.15) is 11.9 Å². The molecule has 7 atom stereocenters. The van der Waals surface area contributed by atoms with Gasteiger partial charge in [-0.25, -0.2) is 4.98 Å². The Labute approximate surface area is 212 Å². The van der Waals surface area contributed by atoms with Crippen molar-refractivity contribution in [3.05, 3.63) is 33.8 Å². The smallest absolute Gasteiger partial charge is 0.309 e. The van der Waals surface area contributed by atoms with Crippen molar-refractivity contribution in [2.45, 2.75) is 97.7 Å². The molecule has 0 saturated carbocycles. The third-order valence-electron chi connectivity index (χ3n) is 7.51. The standard InChI is InChI=1S/C27H39NO6S/c1-15-9-8-10-27(7)22(34-27)12-20(16(2)11-19-14-35-18(4)28-19)33-23(30)13-21(29)26(5,6)25(32)17(3)24(15)31/h8-9,11,14-15,17,20-22,24,29,31H,10,12-13H2,1-7H3/b9-8+,16-11+/t15?,17?,20?,21-,22?,24?,27+/m0/s1. The molecule has 0 bridgehead atoms. The van der Waals surface area contributed by atoms with Gasteiger partial charge in [-0.15, -0.1) is 11.3 Å². The van der Waals surface area contributed by atoms with Crippen LogP contribution in [0, 0.1) is 24.2 Å². The number of esters is 1. The number of rotatable bonds is 2. The van der Waals surface area contributed by atoms with Crippen molar-refractivity contribution in [1.82, 2.24) is 4.98 Å². The monoisotopic (exact) mass is 505 g/mol. The third kappa shape index (κ3) is 6.47. The number of aryl methyl sites for hydroxylation is 1. The van der Waals surface area contributed by atoms with Gasteiger partial charge in [-0.1, -0.05) is 39.8 Å². The van der Waals surface area contributed by atoms with Crippen molar-refractivity contribution >= 4 is 29.2 Å². The quantitative estimate of drug-likeness (QED) is 0.351. The van der Waals surface area contributed by atoms with Crippen molar-refractivity contribution < 1.29 is 29.3 Å². The molecule has 0 amide bonds. The number of hydrogen-bond acceptors (Lipinski definition) is 8. The number of aliphatic hydroxyl groups is 2. The van der Waals surface area contributed by atoms with Crippen LogP contribution in [-0.2, 0) is 19.1 Å². The Bertz CT molecular complexity index is 998. The minimum absolute atomic E-state index is 0.0968. The Balaban J connectivity index is 1.89. The van der Waals surface area contributed by atoms with Crippen molar-refractivity contribution in [2.24, 2.45) is 17.3 Å². The molecule has 2 aliphatic heterocycles. The van der Waals surface area contributed by atoms with E-state index >= 15 is 0 Å². The fraction of sp³-hybridized carbons (Fsp3) is 0.667. The van der Waals surface area contributed by atoms with Crippen molar-refractivity contribution in [3.8, 4) is 0 Å². The molecule has 1 fully saturated rings. The zero-order valence-electron chi connectivity index (χ0n) is 21.8. The summed E-state index contributed by atoms with van der Waals surface area (Å²) in [5, 5.41) is 24.5. The van der Waals surface area contributed by atoms with E-state index < -0.39 is 35.6 Å². The number of aliphatic hydroxyl groups excluding tert-OH is 2. The topological polar surface area (TPSA) is 109 Å². The summed E-state index contributed by atoms with van der Waals surface area (Å²) >= 11 is 1.55. The maximum Gasteiger partial charge on any atom is 0.309 e. The van der Waals surface area contributed by atoms with E-state index in [1.165, 1.54) is 0 Å². The van der Waals surface area contributed by atoms with Gasteiger partial charge in [0.15, 0.2) is 0 Å². The lowest BCUT2D eigenvalue weighted by molar-refractivity contribution is -0.154. The molecule has 1 saturated heterocycles. The highest BCUT2D eigenvalue weighted by Gasteiger charge is 2.52. The van der Waals surface area contributed by atoms with Crippen LogP contribution in [-0.4, -0.2) is 57.0 Å². The van der Waals surface area contributed by atoms with E-state index in [9.17, 15) is 19.8 Å². The number of ether oxygens (including phenoxy) is 2. The van der Waals surface area contributed by atoms with Crippen LogP contribution >= 0.6 is 11.3 Å². The molecule has 0 radical (unpaired) electrons. The number of thiazole rings is 1. The molecule has 3 rings (SSSR count). The number of carbonyl (C=O) groups excluding carboxylic acids is 2. The molecule has 0 aliphatic carbocycles. The van der Waals surface area contributed by atoms with E-state index in [4.69, 9.17) is 9.47 Å². The highest BCUT2D eigenvalue weighted by atomic mass is 32.1. The largest absolute Gasteiger partial charge is 0.458 e. The van der Waals surface area contributed by atoms with Crippen molar-refractivity contribution in [2.75, 3.05) is 0 Å². The van der Waals surface area contributed by atoms with Gasteiger partial charge in [0.05, 0.1) is 46.5 Å². The summed E-state index contributed by atoms with van der Waals surface area (Å²) in [6, 6.07) is 0. The minimum Gasteiger partial charge on any atom is -0.458 e. The first-order chi connectivity index (χ1) is 16.2. The minimum atomic E-state index is -1.25. The Morgan fingerprint density at radius 3 is 2.54 bits per heavy atom.